The number of hydrogen-bond acceptors (Lipinski definition) is 4. The molecule has 25 heavy (non-hydrogen) atoms. The molecule has 0 fully saturated rings. The molecule has 0 amide bonds. The Morgan fingerprint density at radius 1 is 0.880 bits per heavy atom. The number of nitrogens with zero attached hydrogens (tertiary/aromatic N) is 3. The van der Waals surface area contributed by atoms with E-state index in [2.05, 4.69) is 46.5 Å². The fourth-order valence-electron chi connectivity index (χ4n) is 2.82. The Morgan fingerprint density at radius 2 is 1.72 bits per heavy atom. The second-order valence-electron chi connectivity index (χ2n) is 5.93. The molecular formula is C21H18N4. The summed E-state index contributed by atoms with van der Waals surface area (Å²) in [5.74, 6) is 1.52. The molecule has 0 saturated heterocycles. The molecule has 0 aliphatic rings. The van der Waals surface area contributed by atoms with Gasteiger partial charge in [-0.15, -0.1) is 0 Å². The lowest BCUT2D eigenvalue weighted by Crippen LogP contribution is -2.05. The number of aryl methyl sites for hydroxylation is 1. The number of benzene rings is 2. The Kier molecular flexibility index (Phi) is 4.09. The van der Waals surface area contributed by atoms with E-state index in [0.717, 1.165) is 28.8 Å². The van der Waals surface area contributed by atoms with E-state index in [0.29, 0.717) is 5.82 Å². The lowest BCUT2D eigenvalue weighted by atomic mass is 10.1. The van der Waals surface area contributed by atoms with Crippen molar-refractivity contribution in [2.75, 3.05) is 5.32 Å². The lowest BCUT2D eigenvalue weighted by Gasteiger charge is -2.12. The van der Waals surface area contributed by atoms with Gasteiger partial charge >= 0.3 is 0 Å². The standard InChI is InChI=1S/C21H18N4/c1-15-7-2-3-8-16(15)14-23-21-18-10-4-5-11-19(18)24-20(25-21)17-9-6-12-22-13-17/h2-13H,14H2,1H3,(H,23,24,25). The highest BCUT2D eigenvalue weighted by Crippen LogP contribution is 2.25. The number of hydrogen-bond donors (Lipinski definition) is 1. The SMILES string of the molecule is Cc1ccccc1CNc1nc(-c2cccnc2)nc2ccccc12. The average Bonchev–Trinajstić information content (AvgIpc) is 2.67. The van der Waals surface area contributed by atoms with Crippen molar-refractivity contribution in [3.8, 4) is 11.4 Å². The van der Waals surface area contributed by atoms with Gasteiger partial charge in [0, 0.05) is 29.9 Å². The van der Waals surface area contributed by atoms with Crippen molar-refractivity contribution in [1.29, 1.82) is 0 Å². The van der Waals surface area contributed by atoms with Gasteiger partial charge in [0.1, 0.15) is 5.82 Å². The Balaban J connectivity index is 1.75. The molecule has 0 bridgehead atoms. The van der Waals surface area contributed by atoms with Gasteiger partial charge in [0.05, 0.1) is 5.52 Å². The molecule has 4 aromatic rings. The van der Waals surface area contributed by atoms with Crippen LogP contribution in [0.25, 0.3) is 22.3 Å². The normalized spacial score (nSPS) is 10.8. The number of aromatic nitrogens is 3. The first-order chi connectivity index (χ1) is 12.3. The lowest BCUT2D eigenvalue weighted by molar-refractivity contribution is 1.09. The van der Waals surface area contributed by atoms with E-state index >= 15 is 0 Å². The minimum Gasteiger partial charge on any atom is -0.365 e. The molecule has 4 heteroatoms. The van der Waals surface area contributed by atoms with Gasteiger partial charge in [0.25, 0.3) is 0 Å². The first kappa shape index (κ1) is 15.3. The molecule has 4 nitrogen and oxygen atoms in total. The number of rotatable bonds is 4. The van der Waals surface area contributed by atoms with Crippen LogP contribution in [-0.4, -0.2) is 15.0 Å². The smallest absolute Gasteiger partial charge is 0.163 e. The second kappa shape index (κ2) is 6.69. The number of pyridine rings is 1. The van der Waals surface area contributed by atoms with Gasteiger partial charge in [0.2, 0.25) is 0 Å². The van der Waals surface area contributed by atoms with Gasteiger partial charge < -0.3 is 5.32 Å². The van der Waals surface area contributed by atoms with Gasteiger partial charge in [-0.3, -0.25) is 4.98 Å². The Bertz CT molecular complexity index is 1010. The van der Waals surface area contributed by atoms with Crippen LogP contribution in [-0.2, 0) is 6.54 Å². The van der Waals surface area contributed by atoms with E-state index in [4.69, 9.17) is 4.98 Å². The molecule has 0 saturated carbocycles. The Labute approximate surface area is 146 Å². The largest absolute Gasteiger partial charge is 0.365 e. The van der Waals surface area contributed by atoms with Crippen LogP contribution in [0.15, 0.2) is 73.1 Å². The number of anilines is 1. The van der Waals surface area contributed by atoms with E-state index in [1.165, 1.54) is 11.1 Å². The second-order valence-corrected chi connectivity index (χ2v) is 5.93. The van der Waals surface area contributed by atoms with E-state index in [1.807, 2.05) is 36.4 Å². The molecule has 4 rings (SSSR count). The molecule has 2 aromatic heterocycles. The fraction of sp³-hybridized carbons (Fsp3) is 0.0952. The average molecular weight is 326 g/mol. The monoisotopic (exact) mass is 326 g/mol. The topological polar surface area (TPSA) is 50.7 Å². The minimum atomic E-state index is 0.680. The zero-order valence-corrected chi connectivity index (χ0v) is 14.0. The van der Waals surface area contributed by atoms with E-state index in [1.54, 1.807) is 12.4 Å². The summed E-state index contributed by atoms with van der Waals surface area (Å²) in [5.41, 5.74) is 4.35. The maximum Gasteiger partial charge on any atom is 0.163 e. The molecule has 1 N–H and O–H groups in total. The molecule has 0 radical (unpaired) electrons. The third-order valence-corrected chi connectivity index (χ3v) is 4.23. The van der Waals surface area contributed by atoms with Crippen molar-refractivity contribution in [1.82, 2.24) is 15.0 Å². The van der Waals surface area contributed by atoms with Crippen molar-refractivity contribution in [2.45, 2.75) is 13.5 Å². The summed E-state index contributed by atoms with van der Waals surface area (Å²) in [7, 11) is 0. The van der Waals surface area contributed by atoms with E-state index in [-0.39, 0.29) is 0 Å². The molecule has 0 spiro atoms. The maximum atomic E-state index is 4.75. The summed E-state index contributed by atoms with van der Waals surface area (Å²) in [6.07, 6.45) is 3.54. The first-order valence-corrected chi connectivity index (χ1v) is 8.27. The quantitative estimate of drug-likeness (QED) is 0.595. The van der Waals surface area contributed by atoms with Crippen molar-refractivity contribution in [3.05, 3.63) is 84.2 Å². The van der Waals surface area contributed by atoms with Crippen LogP contribution in [0.2, 0.25) is 0 Å². The zero-order valence-electron chi connectivity index (χ0n) is 14.0. The maximum absolute atomic E-state index is 4.75. The summed E-state index contributed by atoms with van der Waals surface area (Å²) in [6, 6.07) is 20.3. The van der Waals surface area contributed by atoms with Crippen LogP contribution in [0.1, 0.15) is 11.1 Å². The molecular weight excluding hydrogens is 308 g/mol. The first-order valence-electron chi connectivity index (χ1n) is 8.27. The van der Waals surface area contributed by atoms with Crippen LogP contribution >= 0.6 is 0 Å². The van der Waals surface area contributed by atoms with Gasteiger partial charge in [-0.05, 0) is 42.3 Å². The van der Waals surface area contributed by atoms with E-state index < -0.39 is 0 Å². The summed E-state index contributed by atoms with van der Waals surface area (Å²) in [4.78, 5) is 13.6. The van der Waals surface area contributed by atoms with Gasteiger partial charge in [-0.2, -0.15) is 0 Å². The molecule has 122 valence electrons. The van der Waals surface area contributed by atoms with Crippen molar-refractivity contribution >= 4 is 16.7 Å². The predicted octanol–water partition coefficient (Wildman–Crippen LogP) is 4.61. The van der Waals surface area contributed by atoms with Gasteiger partial charge in [-0.1, -0.05) is 36.4 Å². The molecule has 2 heterocycles. The summed E-state index contributed by atoms with van der Waals surface area (Å²) >= 11 is 0. The molecule has 0 atom stereocenters. The molecule has 0 unspecified atom stereocenters. The van der Waals surface area contributed by atoms with Crippen molar-refractivity contribution < 1.29 is 0 Å². The summed E-state index contributed by atoms with van der Waals surface area (Å²) < 4.78 is 0. The third-order valence-electron chi connectivity index (χ3n) is 4.23. The van der Waals surface area contributed by atoms with Crippen LogP contribution in [0.5, 0.6) is 0 Å². The number of para-hydroxylation sites is 1. The van der Waals surface area contributed by atoms with E-state index in [9.17, 15) is 0 Å². The Hall–Kier alpha value is -3.27. The minimum absolute atomic E-state index is 0.680. The van der Waals surface area contributed by atoms with Gasteiger partial charge in [-0.25, -0.2) is 9.97 Å². The van der Waals surface area contributed by atoms with Crippen molar-refractivity contribution in [2.24, 2.45) is 0 Å². The fourth-order valence-corrected chi connectivity index (χ4v) is 2.82. The summed E-state index contributed by atoms with van der Waals surface area (Å²) in [5, 5.41) is 4.50. The zero-order chi connectivity index (χ0) is 17.1. The van der Waals surface area contributed by atoms with Crippen LogP contribution in [0, 0.1) is 6.92 Å². The Morgan fingerprint density at radius 3 is 2.56 bits per heavy atom. The molecule has 0 aliphatic carbocycles. The molecule has 0 aliphatic heterocycles. The summed E-state index contributed by atoms with van der Waals surface area (Å²) in [6.45, 7) is 2.84. The van der Waals surface area contributed by atoms with Crippen LogP contribution < -0.4 is 5.32 Å². The predicted molar refractivity (Wildman–Crippen MR) is 101 cm³/mol. The number of fused-ring (bicyclic) bond motifs is 1. The highest BCUT2D eigenvalue weighted by molar-refractivity contribution is 5.90. The molecule has 2 aromatic carbocycles. The highest BCUT2D eigenvalue weighted by atomic mass is 15.0. The highest BCUT2D eigenvalue weighted by Gasteiger charge is 2.09. The van der Waals surface area contributed by atoms with Crippen molar-refractivity contribution in [3.63, 3.8) is 0 Å². The number of nitrogens with one attached hydrogen (secondary N) is 1. The van der Waals surface area contributed by atoms with Crippen LogP contribution in [0.3, 0.4) is 0 Å². The van der Waals surface area contributed by atoms with Gasteiger partial charge in [0.15, 0.2) is 5.82 Å². The third kappa shape index (κ3) is 3.19. The van der Waals surface area contributed by atoms with Crippen LogP contribution in [0.4, 0.5) is 5.82 Å².